The topological polar surface area (TPSA) is 38.7 Å². The van der Waals surface area contributed by atoms with E-state index in [9.17, 15) is 0 Å². The average Bonchev–Trinajstić information content (AvgIpc) is 2.66. The Kier molecular flexibility index (Phi) is 10.1. The molecule has 0 saturated heterocycles. The highest BCUT2D eigenvalue weighted by Crippen LogP contribution is 2.09. The van der Waals surface area contributed by atoms with E-state index in [1.807, 2.05) is 60.9 Å². The van der Waals surface area contributed by atoms with Crippen LogP contribution >= 0.6 is 0 Å². The van der Waals surface area contributed by atoms with Crippen molar-refractivity contribution in [3.63, 3.8) is 0 Å². The van der Waals surface area contributed by atoms with Crippen LogP contribution in [0.5, 0.6) is 0 Å². The smallest absolute Gasteiger partial charge is 0.116 e. The van der Waals surface area contributed by atoms with Gasteiger partial charge in [0.05, 0.1) is 11.0 Å². The van der Waals surface area contributed by atoms with Gasteiger partial charge in [0, 0.05) is 23.2 Å². The lowest BCUT2D eigenvalue weighted by Crippen LogP contribution is -1.93. The molecule has 0 saturated carbocycles. The number of rotatable bonds is 0. The standard InChI is InChI=1S/C9H7N.C8H6N2.2C5H12/c1-2-6-9-8(4-1)5-3-7-10-9;1-2-4-8-7(3-1)5-9-6-10-8;2*1-5(2,3)4/h1-7H;1-6H;2*1-4H3. The van der Waals surface area contributed by atoms with Crippen molar-refractivity contribution in [1.82, 2.24) is 15.0 Å². The van der Waals surface area contributed by atoms with Crippen LogP contribution in [0, 0.1) is 10.8 Å². The highest BCUT2D eigenvalue weighted by molar-refractivity contribution is 5.78. The van der Waals surface area contributed by atoms with E-state index in [2.05, 4.69) is 82.5 Å². The molecule has 0 aliphatic carbocycles. The van der Waals surface area contributed by atoms with Crippen molar-refractivity contribution in [2.75, 3.05) is 0 Å². The molecule has 0 amide bonds. The summed E-state index contributed by atoms with van der Waals surface area (Å²) in [4.78, 5) is 12.2. The maximum absolute atomic E-state index is 4.18. The van der Waals surface area contributed by atoms with Gasteiger partial charge in [-0.1, -0.05) is 97.9 Å². The second kappa shape index (κ2) is 12.0. The van der Waals surface area contributed by atoms with E-state index in [4.69, 9.17) is 0 Å². The lowest BCUT2D eigenvalue weighted by Gasteiger charge is -2.05. The molecule has 0 N–H and O–H groups in total. The van der Waals surface area contributed by atoms with Gasteiger partial charge in [-0.25, -0.2) is 9.97 Å². The maximum atomic E-state index is 4.18. The molecule has 0 bridgehead atoms. The molecule has 4 rings (SSSR count). The lowest BCUT2D eigenvalue weighted by molar-refractivity contribution is 0.469. The van der Waals surface area contributed by atoms with Crippen LogP contribution in [0.3, 0.4) is 0 Å². The molecule has 0 fully saturated rings. The molecule has 160 valence electrons. The predicted octanol–water partition coefficient (Wildman–Crippen LogP) is 7.97. The highest BCUT2D eigenvalue weighted by Gasteiger charge is 1.96. The summed E-state index contributed by atoms with van der Waals surface area (Å²) in [6.45, 7) is 17.5. The zero-order valence-corrected chi connectivity index (χ0v) is 19.8. The quantitative estimate of drug-likeness (QED) is 0.299. The van der Waals surface area contributed by atoms with Crippen LogP contribution in [0.4, 0.5) is 0 Å². The molecule has 0 radical (unpaired) electrons. The summed E-state index contributed by atoms with van der Waals surface area (Å²) < 4.78 is 0. The van der Waals surface area contributed by atoms with Crippen LogP contribution in [0.15, 0.2) is 79.4 Å². The van der Waals surface area contributed by atoms with E-state index in [-0.39, 0.29) is 0 Å². The predicted molar refractivity (Wildman–Crippen MR) is 132 cm³/mol. The fraction of sp³-hybridized carbons (Fsp3) is 0.370. The van der Waals surface area contributed by atoms with Crippen LogP contribution in [-0.2, 0) is 0 Å². The van der Waals surface area contributed by atoms with Gasteiger partial charge in [-0.2, -0.15) is 0 Å². The number of benzene rings is 2. The zero-order chi connectivity index (χ0) is 22.6. The van der Waals surface area contributed by atoms with E-state index in [1.165, 1.54) is 5.39 Å². The van der Waals surface area contributed by atoms with E-state index < -0.39 is 0 Å². The second-order valence-electron chi connectivity index (χ2n) is 10.3. The summed E-state index contributed by atoms with van der Waals surface area (Å²) in [6.07, 6.45) is 5.17. The van der Waals surface area contributed by atoms with Crippen LogP contribution in [0.2, 0.25) is 0 Å². The fourth-order valence-electron chi connectivity index (χ4n) is 1.94. The minimum absolute atomic E-state index is 0.500. The summed E-state index contributed by atoms with van der Waals surface area (Å²) in [5, 5.41) is 2.29. The van der Waals surface area contributed by atoms with Crippen LogP contribution in [0.25, 0.3) is 21.8 Å². The average molecular weight is 404 g/mol. The molecule has 2 heterocycles. The van der Waals surface area contributed by atoms with Gasteiger partial charge in [-0.05, 0) is 29.0 Å². The van der Waals surface area contributed by atoms with Crippen LogP contribution in [-0.4, -0.2) is 15.0 Å². The monoisotopic (exact) mass is 403 g/mol. The first-order valence-electron chi connectivity index (χ1n) is 10.4. The Morgan fingerprint density at radius 1 is 0.533 bits per heavy atom. The van der Waals surface area contributed by atoms with Crippen molar-refractivity contribution < 1.29 is 0 Å². The van der Waals surface area contributed by atoms with E-state index in [0.29, 0.717) is 10.8 Å². The maximum Gasteiger partial charge on any atom is 0.116 e. The number of nitrogens with zero attached hydrogens (tertiary/aromatic N) is 3. The van der Waals surface area contributed by atoms with E-state index in [1.54, 1.807) is 6.33 Å². The number of hydrogen-bond donors (Lipinski definition) is 0. The van der Waals surface area contributed by atoms with Gasteiger partial charge in [0.15, 0.2) is 0 Å². The fourth-order valence-corrected chi connectivity index (χ4v) is 1.94. The van der Waals surface area contributed by atoms with Crippen LogP contribution < -0.4 is 0 Å². The second-order valence-corrected chi connectivity index (χ2v) is 10.3. The Morgan fingerprint density at radius 2 is 0.967 bits per heavy atom. The van der Waals surface area contributed by atoms with Gasteiger partial charge in [-0.15, -0.1) is 0 Å². The van der Waals surface area contributed by atoms with E-state index in [0.717, 1.165) is 16.4 Å². The lowest BCUT2D eigenvalue weighted by atomic mass is 10.0. The molecule has 0 atom stereocenters. The summed E-state index contributed by atoms with van der Waals surface area (Å²) >= 11 is 0. The number of aromatic nitrogens is 3. The number of para-hydroxylation sites is 2. The van der Waals surface area contributed by atoms with Crippen molar-refractivity contribution in [3.05, 3.63) is 79.4 Å². The molecular formula is C27H37N3. The van der Waals surface area contributed by atoms with Gasteiger partial charge >= 0.3 is 0 Å². The molecule has 0 spiro atoms. The highest BCUT2D eigenvalue weighted by atomic mass is 14.8. The SMILES string of the molecule is CC(C)(C)C.CC(C)(C)C.c1ccc2ncccc2c1.c1ccc2ncncc2c1. The Morgan fingerprint density at radius 3 is 1.47 bits per heavy atom. The first kappa shape index (κ1) is 25.2. The zero-order valence-electron chi connectivity index (χ0n) is 19.8. The van der Waals surface area contributed by atoms with Gasteiger partial charge in [0.1, 0.15) is 6.33 Å². The van der Waals surface area contributed by atoms with E-state index >= 15 is 0 Å². The Hall–Kier alpha value is -2.81. The normalized spacial score (nSPS) is 10.7. The third-order valence-electron chi connectivity index (χ3n) is 2.93. The number of hydrogen-bond acceptors (Lipinski definition) is 3. The van der Waals surface area contributed by atoms with Gasteiger partial charge in [-0.3, -0.25) is 4.98 Å². The van der Waals surface area contributed by atoms with Gasteiger partial charge in [0.2, 0.25) is 0 Å². The van der Waals surface area contributed by atoms with Crippen LogP contribution in [0.1, 0.15) is 55.4 Å². The van der Waals surface area contributed by atoms with Crippen molar-refractivity contribution in [1.29, 1.82) is 0 Å². The Bertz CT molecular complexity index is 769. The van der Waals surface area contributed by atoms with Crippen molar-refractivity contribution >= 4 is 21.8 Å². The number of fused-ring (bicyclic) bond motifs is 2. The largest absolute Gasteiger partial charge is 0.256 e. The molecule has 3 nitrogen and oxygen atoms in total. The Balaban J connectivity index is 0.000000213. The summed E-state index contributed by atoms with van der Waals surface area (Å²) in [5.41, 5.74) is 3.06. The minimum atomic E-state index is 0.500. The minimum Gasteiger partial charge on any atom is -0.256 e. The van der Waals surface area contributed by atoms with Crippen molar-refractivity contribution in [2.45, 2.75) is 55.4 Å². The molecule has 2 aromatic heterocycles. The first-order valence-corrected chi connectivity index (χ1v) is 10.4. The molecule has 0 aliphatic rings. The molecule has 0 aliphatic heterocycles. The van der Waals surface area contributed by atoms with Crippen molar-refractivity contribution in [3.8, 4) is 0 Å². The molecule has 0 unspecified atom stereocenters. The van der Waals surface area contributed by atoms with Gasteiger partial charge < -0.3 is 0 Å². The molecule has 3 heteroatoms. The number of pyridine rings is 1. The summed E-state index contributed by atoms with van der Waals surface area (Å²) in [7, 11) is 0. The third-order valence-corrected chi connectivity index (χ3v) is 2.93. The van der Waals surface area contributed by atoms with Gasteiger partial charge in [0.25, 0.3) is 0 Å². The first-order chi connectivity index (χ1) is 13.9. The molecule has 2 aromatic carbocycles. The van der Waals surface area contributed by atoms with Crippen molar-refractivity contribution in [2.24, 2.45) is 10.8 Å². The molecule has 30 heavy (non-hydrogen) atoms. The molecular weight excluding hydrogens is 366 g/mol. The Labute approximate surface area is 182 Å². The summed E-state index contributed by atoms with van der Waals surface area (Å²) in [5.74, 6) is 0. The summed E-state index contributed by atoms with van der Waals surface area (Å²) in [6, 6.07) is 20.0. The molecule has 4 aromatic rings. The third kappa shape index (κ3) is 13.4.